The summed E-state index contributed by atoms with van der Waals surface area (Å²) in [5.41, 5.74) is 1.44. The Morgan fingerprint density at radius 1 is 1.38 bits per heavy atom. The van der Waals surface area contributed by atoms with Gasteiger partial charge in [-0.25, -0.2) is 4.68 Å². The lowest BCUT2D eigenvalue weighted by molar-refractivity contribution is -0.137. The molecule has 0 fully saturated rings. The molecule has 1 amide bonds. The van der Waals surface area contributed by atoms with E-state index in [9.17, 15) is 14.7 Å². The van der Waals surface area contributed by atoms with Gasteiger partial charge in [0.1, 0.15) is 18.0 Å². The van der Waals surface area contributed by atoms with Crippen LogP contribution in [0.1, 0.15) is 21.6 Å². The number of aromatic nitrogens is 3. The second kappa shape index (κ2) is 6.04. The molecule has 0 radical (unpaired) electrons. The lowest BCUT2D eigenvalue weighted by Gasteiger charge is -2.05. The van der Waals surface area contributed by atoms with Crippen LogP contribution in [0.2, 0.25) is 0 Å². The molecule has 110 valence electrons. The molecule has 1 aromatic heterocycles. The SMILES string of the molecule is Cc1ccc(C(=O)NCc2cn(CC(=O)O)nn2)c(O)c1. The molecule has 0 aliphatic carbocycles. The topological polar surface area (TPSA) is 117 Å². The first-order chi connectivity index (χ1) is 9.95. The van der Waals surface area contributed by atoms with E-state index >= 15 is 0 Å². The molecule has 0 unspecified atom stereocenters. The van der Waals surface area contributed by atoms with Crippen LogP contribution in [0.25, 0.3) is 0 Å². The van der Waals surface area contributed by atoms with E-state index in [0.717, 1.165) is 10.2 Å². The van der Waals surface area contributed by atoms with Gasteiger partial charge >= 0.3 is 5.97 Å². The van der Waals surface area contributed by atoms with Gasteiger partial charge in [0, 0.05) is 0 Å². The largest absolute Gasteiger partial charge is 0.507 e. The zero-order chi connectivity index (χ0) is 15.4. The number of benzene rings is 1. The van der Waals surface area contributed by atoms with E-state index in [1.807, 2.05) is 6.92 Å². The first kappa shape index (κ1) is 14.5. The van der Waals surface area contributed by atoms with E-state index in [1.165, 1.54) is 18.3 Å². The van der Waals surface area contributed by atoms with Crippen molar-refractivity contribution < 1.29 is 19.8 Å². The summed E-state index contributed by atoms with van der Waals surface area (Å²) in [6, 6.07) is 4.75. The monoisotopic (exact) mass is 290 g/mol. The molecule has 0 bridgehead atoms. The molecule has 0 saturated carbocycles. The fourth-order valence-corrected chi connectivity index (χ4v) is 1.74. The van der Waals surface area contributed by atoms with Crippen LogP contribution >= 0.6 is 0 Å². The summed E-state index contributed by atoms with van der Waals surface area (Å²) in [6.45, 7) is 1.60. The molecule has 21 heavy (non-hydrogen) atoms. The second-order valence-corrected chi connectivity index (χ2v) is 4.50. The van der Waals surface area contributed by atoms with E-state index in [4.69, 9.17) is 5.11 Å². The van der Waals surface area contributed by atoms with Gasteiger partial charge in [0.05, 0.1) is 18.3 Å². The smallest absolute Gasteiger partial charge is 0.325 e. The molecule has 1 aromatic carbocycles. The van der Waals surface area contributed by atoms with Gasteiger partial charge in [-0.3, -0.25) is 9.59 Å². The van der Waals surface area contributed by atoms with Crippen LogP contribution in [0.5, 0.6) is 5.75 Å². The van der Waals surface area contributed by atoms with Gasteiger partial charge in [0.25, 0.3) is 5.91 Å². The third kappa shape index (κ3) is 3.78. The maximum Gasteiger partial charge on any atom is 0.325 e. The molecule has 0 aliphatic heterocycles. The van der Waals surface area contributed by atoms with Gasteiger partial charge in [-0.15, -0.1) is 5.10 Å². The number of aromatic hydroxyl groups is 1. The number of phenolic OH excluding ortho intramolecular Hbond substituents is 1. The van der Waals surface area contributed by atoms with Crippen molar-refractivity contribution in [2.24, 2.45) is 0 Å². The molecular weight excluding hydrogens is 276 g/mol. The number of amides is 1. The Morgan fingerprint density at radius 2 is 2.14 bits per heavy atom. The van der Waals surface area contributed by atoms with Crippen molar-refractivity contribution in [1.82, 2.24) is 20.3 Å². The lowest BCUT2D eigenvalue weighted by Crippen LogP contribution is -2.23. The molecule has 8 nitrogen and oxygen atoms in total. The average molecular weight is 290 g/mol. The molecule has 0 spiro atoms. The minimum Gasteiger partial charge on any atom is -0.507 e. The van der Waals surface area contributed by atoms with Gasteiger partial charge in [0.2, 0.25) is 0 Å². The molecule has 0 atom stereocenters. The fraction of sp³-hybridized carbons (Fsp3) is 0.231. The third-order valence-corrected chi connectivity index (χ3v) is 2.71. The van der Waals surface area contributed by atoms with Gasteiger partial charge < -0.3 is 15.5 Å². The summed E-state index contributed by atoms with van der Waals surface area (Å²) in [5, 5.41) is 28.3. The summed E-state index contributed by atoms with van der Waals surface area (Å²) in [7, 11) is 0. The Balaban J connectivity index is 1.97. The molecule has 2 rings (SSSR count). The first-order valence-corrected chi connectivity index (χ1v) is 6.14. The number of phenols is 1. The number of carboxylic acid groups (broad SMARTS) is 1. The molecule has 1 heterocycles. The zero-order valence-corrected chi connectivity index (χ0v) is 11.3. The number of aryl methyl sites for hydroxylation is 1. The van der Waals surface area contributed by atoms with E-state index in [1.54, 1.807) is 6.07 Å². The number of hydrogen-bond acceptors (Lipinski definition) is 5. The highest BCUT2D eigenvalue weighted by Gasteiger charge is 2.12. The van der Waals surface area contributed by atoms with E-state index in [0.29, 0.717) is 5.69 Å². The van der Waals surface area contributed by atoms with Crippen molar-refractivity contribution in [3.8, 4) is 5.75 Å². The Labute approximate surface area is 120 Å². The van der Waals surface area contributed by atoms with Gasteiger partial charge in [-0.2, -0.15) is 0 Å². The molecule has 2 aromatic rings. The maximum absolute atomic E-state index is 11.9. The molecular formula is C13H14N4O4. The van der Waals surface area contributed by atoms with Crippen molar-refractivity contribution >= 4 is 11.9 Å². The Bertz CT molecular complexity index is 681. The zero-order valence-electron chi connectivity index (χ0n) is 11.3. The van der Waals surface area contributed by atoms with Crippen LogP contribution in [-0.4, -0.2) is 37.1 Å². The first-order valence-electron chi connectivity index (χ1n) is 6.14. The maximum atomic E-state index is 11.9. The van der Waals surface area contributed by atoms with E-state index in [2.05, 4.69) is 15.6 Å². The van der Waals surface area contributed by atoms with Crippen molar-refractivity contribution in [3.63, 3.8) is 0 Å². The molecule has 0 saturated heterocycles. The molecule has 0 aliphatic rings. The highest BCUT2D eigenvalue weighted by atomic mass is 16.4. The number of carbonyl (C=O) groups is 2. The number of aliphatic carboxylic acids is 1. The van der Waals surface area contributed by atoms with Crippen molar-refractivity contribution in [1.29, 1.82) is 0 Å². The molecule has 3 N–H and O–H groups in total. The summed E-state index contributed by atoms with van der Waals surface area (Å²) in [4.78, 5) is 22.4. The lowest BCUT2D eigenvalue weighted by atomic mass is 10.1. The fourth-order valence-electron chi connectivity index (χ4n) is 1.74. The number of carboxylic acids is 1. The quantitative estimate of drug-likeness (QED) is 0.729. The summed E-state index contributed by atoms with van der Waals surface area (Å²) in [5.74, 6) is -1.57. The summed E-state index contributed by atoms with van der Waals surface area (Å²) in [6.07, 6.45) is 1.43. The average Bonchev–Trinajstić information content (AvgIpc) is 2.82. The van der Waals surface area contributed by atoms with Crippen molar-refractivity contribution in [2.75, 3.05) is 0 Å². The minimum absolute atomic E-state index is 0.0891. The predicted molar refractivity (Wildman–Crippen MR) is 71.7 cm³/mol. The number of rotatable bonds is 5. The number of nitrogens with one attached hydrogen (secondary N) is 1. The number of nitrogens with zero attached hydrogens (tertiary/aromatic N) is 3. The Hall–Kier alpha value is -2.90. The predicted octanol–water partition coefficient (Wildman–Crippen LogP) is 0.307. The van der Waals surface area contributed by atoms with Crippen molar-refractivity contribution in [3.05, 3.63) is 41.2 Å². The molecule has 8 heteroatoms. The third-order valence-electron chi connectivity index (χ3n) is 2.71. The summed E-state index contributed by atoms with van der Waals surface area (Å²) >= 11 is 0. The van der Waals surface area contributed by atoms with Crippen LogP contribution in [0.4, 0.5) is 0 Å². The normalized spacial score (nSPS) is 10.3. The highest BCUT2D eigenvalue weighted by molar-refractivity contribution is 5.96. The minimum atomic E-state index is -1.03. The van der Waals surface area contributed by atoms with Crippen LogP contribution in [0, 0.1) is 6.92 Å². The van der Waals surface area contributed by atoms with E-state index < -0.39 is 11.9 Å². The standard InChI is InChI=1S/C13H14N4O4/c1-8-2-3-10(11(18)4-8)13(21)14-5-9-6-17(16-15-9)7-12(19)20/h2-4,6,18H,5,7H2,1H3,(H,14,21)(H,19,20). The highest BCUT2D eigenvalue weighted by Crippen LogP contribution is 2.18. The van der Waals surface area contributed by atoms with Crippen LogP contribution < -0.4 is 5.32 Å². The van der Waals surface area contributed by atoms with Gasteiger partial charge in [-0.05, 0) is 24.6 Å². The van der Waals surface area contributed by atoms with Crippen LogP contribution in [0.15, 0.2) is 24.4 Å². The number of carbonyl (C=O) groups excluding carboxylic acids is 1. The second-order valence-electron chi connectivity index (χ2n) is 4.50. The Kier molecular flexibility index (Phi) is 4.17. The Morgan fingerprint density at radius 3 is 2.81 bits per heavy atom. The van der Waals surface area contributed by atoms with E-state index in [-0.39, 0.29) is 24.4 Å². The number of hydrogen-bond donors (Lipinski definition) is 3. The van der Waals surface area contributed by atoms with Crippen molar-refractivity contribution in [2.45, 2.75) is 20.0 Å². The van der Waals surface area contributed by atoms with Gasteiger partial charge in [0.15, 0.2) is 0 Å². The van der Waals surface area contributed by atoms with Crippen LogP contribution in [0.3, 0.4) is 0 Å². The summed E-state index contributed by atoms with van der Waals surface area (Å²) < 4.78 is 1.16. The van der Waals surface area contributed by atoms with Gasteiger partial charge in [-0.1, -0.05) is 11.3 Å². The van der Waals surface area contributed by atoms with Crippen LogP contribution in [-0.2, 0) is 17.9 Å².